The first kappa shape index (κ1) is 15.6. The lowest BCUT2D eigenvalue weighted by Crippen LogP contribution is -2.58. The second kappa shape index (κ2) is 4.58. The lowest BCUT2D eigenvalue weighted by atomic mass is 9.46. The van der Waals surface area contributed by atoms with Crippen LogP contribution in [-0.4, -0.2) is 27.7 Å². The summed E-state index contributed by atoms with van der Waals surface area (Å²) in [7, 11) is 0. The van der Waals surface area contributed by atoms with Crippen molar-refractivity contribution in [3.05, 3.63) is 23.8 Å². The van der Waals surface area contributed by atoms with Crippen LogP contribution in [0.15, 0.2) is 23.8 Å². The highest BCUT2D eigenvalue weighted by atomic mass is 16.3. The Kier molecular flexibility index (Phi) is 3.10. The molecule has 3 fully saturated rings. The van der Waals surface area contributed by atoms with Crippen LogP contribution in [0.25, 0.3) is 0 Å². The van der Waals surface area contributed by atoms with Gasteiger partial charge in [-0.25, -0.2) is 0 Å². The van der Waals surface area contributed by atoms with Crippen LogP contribution in [0.4, 0.5) is 0 Å². The molecule has 7 atom stereocenters. The number of allylic oxidation sites excluding steroid dienone is 4. The normalized spacial score (nSPS) is 55.0. The number of carbonyl (C=O) groups excluding carboxylic acids is 1. The fourth-order valence-electron chi connectivity index (χ4n) is 6.55. The maximum Gasteiger partial charge on any atom is 0.178 e. The molecule has 126 valence electrons. The van der Waals surface area contributed by atoms with Crippen molar-refractivity contribution in [2.45, 2.75) is 64.6 Å². The Hall–Kier alpha value is -0.930. The van der Waals surface area contributed by atoms with Crippen LogP contribution in [0.5, 0.6) is 0 Å². The fraction of sp³-hybridized carbons (Fsp3) is 0.750. The average Bonchev–Trinajstić information content (AvgIpc) is 2.69. The minimum atomic E-state index is -0.682. The summed E-state index contributed by atoms with van der Waals surface area (Å²) in [6.45, 7) is 6.32. The van der Waals surface area contributed by atoms with E-state index in [9.17, 15) is 15.0 Å². The maximum atomic E-state index is 11.8. The van der Waals surface area contributed by atoms with Gasteiger partial charge in [-0.3, -0.25) is 4.79 Å². The highest BCUT2D eigenvalue weighted by Gasteiger charge is 2.64. The molecule has 0 spiro atoms. The molecule has 0 radical (unpaired) electrons. The van der Waals surface area contributed by atoms with E-state index < -0.39 is 11.7 Å². The van der Waals surface area contributed by atoms with Gasteiger partial charge >= 0.3 is 0 Å². The molecule has 0 aliphatic heterocycles. The van der Waals surface area contributed by atoms with Crippen LogP contribution < -0.4 is 0 Å². The first-order chi connectivity index (χ1) is 10.7. The standard InChI is InChI=1S/C20H28O3/c1-18-8-6-13(21)10-12(18)4-5-14-15-7-9-20(3,23)19(15,2)11-16(22)17(14)18/h6,8,10,14-17,22-23H,4-5,7,9,11H2,1-3H3/t14?,15?,16?,17?,18?,19?,20-/m0/s1. The number of aliphatic hydroxyl groups is 2. The zero-order valence-electron chi connectivity index (χ0n) is 14.4. The summed E-state index contributed by atoms with van der Waals surface area (Å²) in [5.74, 6) is 1.14. The number of hydrogen-bond acceptors (Lipinski definition) is 3. The van der Waals surface area contributed by atoms with Crippen molar-refractivity contribution >= 4 is 5.78 Å². The van der Waals surface area contributed by atoms with E-state index >= 15 is 0 Å². The molecule has 0 aromatic rings. The maximum absolute atomic E-state index is 11.8. The molecule has 3 heteroatoms. The van der Waals surface area contributed by atoms with E-state index in [0.29, 0.717) is 18.3 Å². The second-order valence-electron chi connectivity index (χ2n) is 9.02. The van der Waals surface area contributed by atoms with Gasteiger partial charge in [-0.2, -0.15) is 0 Å². The van der Waals surface area contributed by atoms with Gasteiger partial charge in [0.25, 0.3) is 0 Å². The van der Waals surface area contributed by atoms with Crippen LogP contribution in [0.2, 0.25) is 0 Å². The highest BCUT2D eigenvalue weighted by molar-refractivity contribution is 6.01. The molecule has 6 unspecified atom stereocenters. The van der Waals surface area contributed by atoms with E-state index in [4.69, 9.17) is 0 Å². The van der Waals surface area contributed by atoms with Gasteiger partial charge < -0.3 is 10.2 Å². The number of rotatable bonds is 0. The Morgan fingerprint density at radius 1 is 1.22 bits per heavy atom. The molecule has 2 N–H and O–H groups in total. The summed E-state index contributed by atoms with van der Waals surface area (Å²) in [6, 6.07) is 0. The van der Waals surface area contributed by atoms with Crippen LogP contribution >= 0.6 is 0 Å². The van der Waals surface area contributed by atoms with Crippen molar-refractivity contribution in [3.8, 4) is 0 Å². The SMILES string of the molecule is CC12C=CC(=O)C=C1CCC1C2C(O)CC2(C)C1CC[C@]2(C)O. The number of ketones is 1. The van der Waals surface area contributed by atoms with Gasteiger partial charge in [0.15, 0.2) is 5.78 Å². The van der Waals surface area contributed by atoms with E-state index in [2.05, 4.69) is 13.8 Å². The molecular weight excluding hydrogens is 288 g/mol. The van der Waals surface area contributed by atoms with Gasteiger partial charge in [0.1, 0.15) is 0 Å². The van der Waals surface area contributed by atoms with Gasteiger partial charge in [0, 0.05) is 16.7 Å². The molecule has 0 aromatic heterocycles. The monoisotopic (exact) mass is 316 g/mol. The minimum absolute atomic E-state index is 0.0786. The summed E-state index contributed by atoms with van der Waals surface area (Å²) in [6.07, 6.45) is 9.61. The van der Waals surface area contributed by atoms with Gasteiger partial charge in [0.2, 0.25) is 0 Å². The Labute approximate surface area is 138 Å². The largest absolute Gasteiger partial charge is 0.393 e. The third-order valence-electron chi connectivity index (χ3n) is 8.06. The van der Waals surface area contributed by atoms with E-state index in [-0.39, 0.29) is 22.5 Å². The first-order valence-electron chi connectivity index (χ1n) is 9.04. The van der Waals surface area contributed by atoms with Crippen molar-refractivity contribution in [2.24, 2.45) is 28.6 Å². The fourth-order valence-corrected chi connectivity index (χ4v) is 6.55. The molecule has 0 amide bonds. The van der Waals surface area contributed by atoms with Crippen molar-refractivity contribution in [1.82, 2.24) is 0 Å². The zero-order chi connectivity index (χ0) is 16.6. The molecule has 3 saturated carbocycles. The summed E-state index contributed by atoms with van der Waals surface area (Å²) in [5, 5.41) is 22.0. The van der Waals surface area contributed by atoms with Gasteiger partial charge in [-0.15, -0.1) is 0 Å². The quantitative estimate of drug-likeness (QED) is 0.722. The number of carbonyl (C=O) groups is 1. The lowest BCUT2D eigenvalue weighted by Gasteiger charge is -2.59. The Bertz CT molecular complexity index is 616. The number of aliphatic hydroxyl groups excluding tert-OH is 1. The molecule has 4 rings (SSSR count). The predicted molar refractivity (Wildman–Crippen MR) is 88.6 cm³/mol. The van der Waals surface area contributed by atoms with Gasteiger partial charge in [-0.1, -0.05) is 25.5 Å². The number of hydrogen-bond donors (Lipinski definition) is 2. The molecule has 0 aromatic carbocycles. The smallest absolute Gasteiger partial charge is 0.178 e. The molecule has 4 aliphatic rings. The van der Waals surface area contributed by atoms with Crippen molar-refractivity contribution in [2.75, 3.05) is 0 Å². The Morgan fingerprint density at radius 2 is 1.96 bits per heavy atom. The Balaban J connectivity index is 1.76. The van der Waals surface area contributed by atoms with E-state index in [1.807, 2.05) is 13.0 Å². The van der Waals surface area contributed by atoms with Crippen LogP contribution in [0, 0.1) is 28.6 Å². The van der Waals surface area contributed by atoms with Crippen molar-refractivity contribution in [3.63, 3.8) is 0 Å². The van der Waals surface area contributed by atoms with Crippen LogP contribution in [0.1, 0.15) is 52.9 Å². The molecule has 4 aliphatic carbocycles. The molecule has 0 bridgehead atoms. The Morgan fingerprint density at radius 3 is 2.70 bits per heavy atom. The number of fused-ring (bicyclic) bond motifs is 5. The highest BCUT2D eigenvalue weighted by Crippen LogP contribution is 2.66. The van der Waals surface area contributed by atoms with E-state index in [1.165, 1.54) is 5.57 Å². The van der Waals surface area contributed by atoms with Crippen molar-refractivity contribution in [1.29, 1.82) is 0 Å². The van der Waals surface area contributed by atoms with Gasteiger partial charge in [0.05, 0.1) is 11.7 Å². The summed E-state index contributed by atoms with van der Waals surface area (Å²) in [5.41, 5.74) is 0.114. The van der Waals surface area contributed by atoms with Gasteiger partial charge in [-0.05, 0) is 63.0 Å². The van der Waals surface area contributed by atoms with E-state index in [0.717, 1.165) is 25.7 Å². The summed E-state index contributed by atoms with van der Waals surface area (Å²) >= 11 is 0. The third kappa shape index (κ3) is 1.87. The predicted octanol–water partition coefficient (Wildman–Crippen LogP) is 3.02. The third-order valence-corrected chi connectivity index (χ3v) is 8.06. The van der Waals surface area contributed by atoms with Crippen molar-refractivity contribution < 1.29 is 15.0 Å². The van der Waals surface area contributed by atoms with E-state index in [1.54, 1.807) is 12.2 Å². The zero-order valence-corrected chi connectivity index (χ0v) is 14.4. The second-order valence-corrected chi connectivity index (χ2v) is 9.02. The van der Waals surface area contributed by atoms with Crippen LogP contribution in [-0.2, 0) is 4.79 Å². The minimum Gasteiger partial charge on any atom is -0.393 e. The topological polar surface area (TPSA) is 57.5 Å². The van der Waals surface area contributed by atoms with Crippen LogP contribution in [0.3, 0.4) is 0 Å². The summed E-state index contributed by atoms with van der Waals surface area (Å²) in [4.78, 5) is 11.8. The average molecular weight is 316 g/mol. The molecular formula is C20H28O3. The molecule has 0 heterocycles. The molecule has 23 heavy (non-hydrogen) atoms. The molecule has 3 nitrogen and oxygen atoms in total. The summed E-state index contributed by atoms with van der Waals surface area (Å²) < 4.78 is 0. The first-order valence-corrected chi connectivity index (χ1v) is 9.04. The lowest BCUT2D eigenvalue weighted by molar-refractivity contribution is -0.157. The molecule has 0 saturated heterocycles.